The van der Waals surface area contributed by atoms with Crippen LogP contribution in [-0.4, -0.2) is 14.7 Å². The molecule has 0 bridgehead atoms. The van der Waals surface area contributed by atoms with Crippen LogP contribution < -0.4 is 5.56 Å². The van der Waals surface area contributed by atoms with E-state index in [-0.39, 0.29) is 11.3 Å². The first-order valence-corrected chi connectivity index (χ1v) is 8.97. The summed E-state index contributed by atoms with van der Waals surface area (Å²) in [6, 6.07) is 22.7. The van der Waals surface area contributed by atoms with Crippen molar-refractivity contribution in [2.75, 3.05) is 0 Å². The van der Waals surface area contributed by atoms with Crippen molar-refractivity contribution >= 4 is 10.9 Å². The minimum absolute atomic E-state index is 0.0766. The Morgan fingerprint density at radius 1 is 0.926 bits per heavy atom. The molecule has 4 rings (SSSR count). The van der Waals surface area contributed by atoms with Crippen LogP contribution in [0.1, 0.15) is 11.1 Å². The quantitative estimate of drug-likeness (QED) is 0.592. The first-order chi connectivity index (χ1) is 13.1. The number of phenols is 1. The molecule has 0 saturated carbocycles. The number of aryl methyl sites for hydroxylation is 2. The number of benzene rings is 3. The molecule has 1 heterocycles. The van der Waals surface area contributed by atoms with Gasteiger partial charge in [-0.05, 0) is 42.7 Å². The van der Waals surface area contributed by atoms with Gasteiger partial charge in [0.05, 0.1) is 16.5 Å². The van der Waals surface area contributed by atoms with Crippen molar-refractivity contribution in [3.63, 3.8) is 0 Å². The zero-order valence-electron chi connectivity index (χ0n) is 15.1. The van der Waals surface area contributed by atoms with Gasteiger partial charge in [0.15, 0.2) is 0 Å². The van der Waals surface area contributed by atoms with Crippen LogP contribution in [-0.2, 0) is 13.0 Å². The molecule has 4 heteroatoms. The van der Waals surface area contributed by atoms with E-state index in [1.807, 2.05) is 61.5 Å². The van der Waals surface area contributed by atoms with Crippen LogP contribution in [0.25, 0.3) is 22.3 Å². The van der Waals surface area contributed by atoms with Crippen LogP contribution in [0.5, 0.6) is 5.75 Å². The van der Waals surface area contributed by atoms with Gasteiger partial charge in [-0.2, -0.15) is 0 Å². The Balaban J connectivity index is 1.92. The Bertz CT molecular complexity index is 1160. The first kappa shape index (κ1) is 17.0. The van der Waals surface area contributed by atoms with Crippen LogP contribution in [0.3, 0.4) is 0 Å². The molecule has 0 aliphatic heterocycles. The van der Waals surface area contributed by atoms with Crippen molar-refractivity contribution in [1.82, 2.24) is 9.55 Å². The molecular weight excluding hydrogens is 336 g/mol. The fraction of sp³-hybridized carbons (Fsp3) is 0.130. The molecule has 0 fully saturated rings. The topological polar surface area (TPSA) is 55.1 Å². The van der Waals surface area contributed by atoms with Crippen LogP contribution in [0.4, 0.5) is 0 Å². The molecule has 0 spiro atoms. The number of aromatic nitrogens is 2. The number of hydrogen-bond acceptors (Lipinski definition) is 3. The third-order valence-corrected chi connectivity index (χ3v) is 4.80. The molecule has 1 aromatic heterocycles. The lowest BCUT2D eigenvalue weighted by Gasteiger charge is -2.15. The number of phenolic OH excluding ortho intramolecular Hbond substituents is 1. The summed E-state index contributed by atoms with van der Waals surface area (Å²) in [5.41, 5.74) is 3.19. The third-order valence-electron chi connectivity index (χ3n) is 4.80. The van der Waals surface area contributed by atoms with E-state index in [1.54, 1.807) is 22.8 Å². The van der Waals surface area contributed by atoms with Crippen LogP contribution in [0.2, 0.25) is 0 Å². The predicted octanol–water partition coefficient (Wildman–Crippen LogP) is 4.32. The molecule has 0 radical (unpaired) electrons. The standard InChI is InChI=1S/C23H20N2O2/c1-16-8-7-12-19-21(16)23(27)25(15-14-17-9-3-2-4-10-17)22(24-19)18-11-5-6-13-20(18)26/h2-13,26H,14-15H2,1H3. The molecule has 3 aromatic carbocycles. The molecule has 4 nitrogen and oxygen atoms in total. The van der Waals surface area contributed by atoms with Crippen LogP contribution >= 0.6 is 0 Å². The number of nitrogens with zero attached hydrogens (tertiary/aromatic N) is 2. The van der Waals surface area contributed by atoms with Crippen molar-refractivity contribution in [3.8, 4) is 17.1 Å². The molecule has 0 aliphatic rings. The highest BCUT2D eigenvalue weighted by atomic mass is 16.3. The fourth-order valence-electron chi connectivity index (χ4n) is 3.39. The van der Waals surface area contributed by atoms with Gasteiger partial charge in [0, 0.05) is 6.54 Å². The number of rotatable bonds is 4. The van der Waals surface area contributed by atoms with E-state index < -0.39 is 0 Å². The minimum atomic E-state index is -0.0766. The average Bonchev–Trinajstić information content (AvgIpc) is 2.68. The molecule has 0 amide bonds. The number of para-hydroxylation sites is 1. The van der Waals surface area contributed by atoms with Gasteiger partial charge < -0.3 is 5.11 Å². The molecule has 0 aliphatic carbocycles. The molecule has 1 N–H and O–H groups in total. The second-order valence-corrected chi connectivity index (χ2v) is 6.61. The van der Waals surface area contributed by atoms with Gasteiger partial charge >= 0.3 is 0 Å². The first-order valence-electron chi connectivity index (χ1n) is 8.97. The van der Waals surface area contributed by atoms with Gasteiger partial charge in [0.25, 0.3) is 5.56 Å². The van der Waals surface area contributed by atoms with E-state index in [4.69, 9.17) is 4.98 Å². The molecule has 0 atom stereocenters. The highest BCUT2D eigenvalue weighted by Gasteiger charge is 2.16. The molecule has 0 unspecified atom stereocenters. The van der Waals surface area contributed by atoms with Crippen molar-refractivity contribution in [2.45, 2.75) is 19.9 Å². The summed E-state index contributed by atoms with van der Waals surface area (Å²) in [6.45, 7) is 2.41. The highest BCUT2D eigenvalue weighted by molar-refractivity contribution is 5.83. The zero-order valence-corrected chi connectivity index (χ0v) is 15.1. The summed E-state index contributed by atoms with van der Waals surface area (Å²) in [4.78, 5) is 18.1. The van der Waals surface area contributed by atoms with Gasteiger partial charge in [-0.3, -0.25) is 9.36 Å². The molecule has 27 heavy (non-hydrogen) atoms. The largest absolute Gasteiger partial charge is 0.507 e. The maximum absolute atomic E-state index is 13.3. The Hall–Kier alpha value is -3.40. The maximum Gasteiger partial charge on any atom is 0.261 e. The SMILES string of the molecule is Cc1cccc2nc(-c3ccccc3O)n(CCc3ccccc3)c(=O)c12. The van der Waals surface area contributed by atoms with Gasteiger partial charge in [0.2, 0.25) is 0 Å². The third kappa shape index (κ3) is 3.22. The molecule has 0 saturated heterocycles. The van der Waals surface area contributed by atoms with E-state index in [9.17, 15) is 9.90 Å². The van der Waals surface area contributed by atoms with E-state index in [2.05, 4.69) is 0 Å². The number of hydrogen-bond donors (Lipinski definition) is 1. The van der Waals surface area contributed by atoms with E-state index in [1.165, 1.54) is 0 Å². The van der Waals surface area contributed by atoms with Crippen LogP contribution in [0.15, 0.2) is 77.6 Å². The summed E-state index contributed by atoms with van der Waals surface area (Å²) in [5.74, 6) is 0.608. The van der Waals surface area contributed by atoms with Crippen molar-refractivity contribution in [1.29, 1.82) is 0 Å². The lowest BCUT2D eigenvalue weighted by atomic mass is 10.1. The lowest BCUT2D eigenvalue weighted by Crippen LogP contribution is -2.25. The van der Waals surface area contributed by atoms with Crippen molar-refractivity contribution in [2.24, 2.45) is 0 Å². The Labute approximate surface area is 157 Å². The van der Waals surface area contributed by atoms with Gasteiger partial charge in [-0.15, -0.1) is 0 Å². The van der Waals surface area contributed by atoms with Gasteiger partial charge in [-0.1, -0.05) is 54.6 Å². The summed E-state index contributed by atoms with van der Waals surface area (Å²) < 4.78 is 1.68. The van der Waals surface area contributed by atoms with E-state index in [0.29, 0.717) is 35.3 Å². The fourth-order valence-corrected chi connectivity index (χ4v) is 3.39. The maximum atomic E-state index is 13.3. The number of fused-ring (bicyclic) bond motifs is 1. The molecule has 134 valence electrons. The minimum Gasteiger partial charge on any atom is -0.507 e. The molecular formula is C23H20N2O2. The predicted molar refractivity (Wildman–Crippen MR) is 108 cm³/mol. The number of aromatic hydroxyl groups is 1. The highest BCUT2D eigenvalue weighted by Crippen LogP contribution is 2.28. The Morgan fingerprint density at radius 2 is 1.67 bits per heavy atom. The average molecular weight is 356 g/mol. The van der Waals surface area contributed by atoms with Crippen LogP contribution in [0, 0.1) is 6.92 Å². The lowest BCUT2D eigenvalue weighted by molar-refractivity contribution is 0.476. The molecule has 4 aromatic rings. The second kappa shape index (κ2) is 7.08. The van der Waals surface area contributed by atoms with Crippen molar-refractivity contribution in [3.05, 3.63) is 94.3 Å². The van der Waals surface area contributed by atoms with E-state index in [0.717, 1.165) is 11.1 Å². The second-order valence-electron chi connectivity index (χ2n) is 6.61. The summed E-state index contributed by atoms with van der Waals surface area (Å²) in [7, 11) is 0. The normalized spacial score (nSPS) is 11.0. The van der Waals surface area contributed by atoms with Gasteiger partial charge in [-0.25, -0.2) is 4.98 Å². The monoisotopic (exact) mass is 356 g/mol. The smallest absolute Gasteiger partial charge is 0.261 e. The summed E-state index contributed by atoms with van der Waals surface area (Å²) in [5, 5.41) is 11.0. The Kier molecular flexibility index (Phi) is 4.47. The van der Waals surface area contributed by atoms with Crippen molar-refractivity contribution < 1.29 is 5.11 Å². The zero-order chi connectivity index (χ0) is 18.8. The van der Waals surface area contributed by atoms with E-state index >= 15 is 0 Å². The Morgan fingerprint density at radius 3 is 2.44 bits per heavy atom. The van der Waals surface area contributed by atoms with Gasteiger partial charge in [0.1, 0.15) is 11.6 Å². The summed E-state index contributed by atoms with van der Waals surface area (Å²) in [6.07, 6.45) is 0.709. The summed E-state index contributed by atoms with van der Waals surface area (Å²) >= 11 is 0.